The van der Waals surface area contributed by atoms with E-state index >= 15 is 0 Å². The van der Waals surface area contributed by atoms with Gasteiger partial charge in [-0.05, 0) is 33.2 Å². The molecule has 0 aromatic heterocycles. The van der Waals surface area contributed by atoms with E-state index in [0.717, 1.165) is 6.42 Å². The predicted molar refractivity (Wildman–Crippen MR) is 61.2 cm³/mol. The summed E-state index contributed by atoms with van der Waals surface area (Å²) in [5.74, 6) is 0.750. The summed E-state index contributed by atoms with van der Waals surface area (Å²) in [5.41, 5.74) is 0. The minimum Gasteiger partial charge on any atom is -0.316 e. The van der Waals surface area contributed by atoms with Crippen LogP contribution in [0.5, 0.6) is 0 Å². The molecule has 0 bridgehead atoms. The van der Waals surface area contributed by atoms with Crippen LogP contribution in [0.25, 0.3) is 0 Å². The van der Waals surface area contributed by atoms with E-state index in [0.29, 0.717) is 11.7 Å². The molecule has 0 radical (unpaired) electrons. The van der Waals surface area contributed by atoms with Crippen LogP contribution >= 0.6 is 0 Å². The maximum atomic E-state index is 11.8. The van der Waals surface area contributed by atoms with E-state index in [9.17, 15) is 8.42 Å². The molecule has 0 aliphatic heterocycles. The molecule has 2 atom stereocenters. The van der Waals surface area contributed by atoms with Crippen molar-refractivity contribution in [1.82, 2.24) is 5.32 Å². The van der Waals surface area contributed by atoms with Crippen LogP contribution in [0.3, 0.4) is 0 Å². The van der Waals surface area contributed by atoms with Crippen molar-refractivity contribution in [3.63, 3.8) is 0 Å². The number of rotatable bonds is 6. The van der Waals surface area contributed by atoms with Crippen LogP contribution < -0.4 is 5.32 Å². The second kappa shape index (κ2) is 5.71. The second-order valence-electron chi connectivity index (χ2n) is 4.33. The number of hydrogen-bond acceptors (Lipinski definition) is 3. The van der Waals surface area contributed by atoms with Crippen LogP contribution in [0.2, 0.25) is 0 Å². The topological polar surface area (TPSA) is 46.2 Å². The van der Waals surface area contributed by atoms with E-state index in [1.807, 2.05) is 20.8 Å². The Kier molecular flexibility index (Phi) is 5.67. The van der Waals surface area contributed by atoms with Gasteiger partial charge in [-0.3, -0.25) is 0 Å². The Bertz CT molecular complexity index is 247. The Morgan fingerprint density at radius 1 is 1.14 bits per heavy atom. The summed E-state index contributed by atoms with van der Waals surface area (Å²) in [6, 6.07) is 0.0205. The summed E-state index contributed by atoms with van der Waals surface area (Å²) in [4.78, 5) is 0. The van der Waals surface area contributed by atoms with Gasteiger partial charge in [0.2, 0.25) is 0 Å². The third-order valence-corrected chi connectivity index (χ3v) is 5.05. The first-order chi connectivity index (χ1) is 6.31. The Morgan fingerprint density at radius 2 is 1.64 bits per heavy atom. The average Bonchev–Trinajstić information content (AvgIpc) is 2.12. The molecule has 4 heteroatoms. The first kappa shape index (κ1) is 13.9. The summed E-state index contributed by atoms with van der Waals surface area (Å²) < 4.78 is 23.6. The van der Waals surface area contributed by atoms with Gasteiger partial charge in [0.1, 0.15) is 0 Å². The molecule has 0 aliphatic rings. The van der Waals surface area contributed by atoms with E-state index in [-0.39, 0.29) is 11.3 Å². The molecule has 86 valence electrons. The molecule has 0 fully saturated rings. The van der Waals surface area contributed by atoms with Gasteiger partial charge in [-0.25, -0.2) is 8.42 Å². The molecule has 2 unspecified atom stereocenters. The highest BCUT2D eigenvalue weighted by Gasteiger charge is 2.25. The largest absolute Gasteiger partial charge is 0.316 e. The molecule has 0 aliphatic carbocycles. The van der Waals surface area contributed by atoms with Gasteiger partial charge in [-0.15, -0.1) is 0 Å². The molecular formula is C10H23NO2S. The molecule has 0 saturated heterocycles. The lowest BCUT2D eigenvalue weighted by Crippen LogP contribution is -2.39. The van der Waals surface area contributed by atoms with Gasteiger partial charge >= 0.3 is 0 Å². The van der Waals surface area contributed by atoms with Gasteiger partial charge in [0, 0.05) is 6.04 Å². The van der Waals surface area contributed by atoms with Crippen molar-refractivity contribution in [2.45, 2.75) is 45.4 Å². The number of nitrogens with one attached hydrogen (secondary N) is 1. The van der Waals surface area contributed by atoms with Crippen LogP contribution in [0.1, 0.15) is 34.1 Å². The van der Waals surface area contributed by atoms with E-state index in [1.165, 1.54) is 0 Å². The summed E-state index contributed by atoms with van der Waals surface area (Å²) >= 11 is 0. The monoisotopic (exact) mass is 221 g/mol. The molecule has 0 amide bonds. The fourth-order valence-electron chi connectivity index (χ4n) is 1.13. The second-order valence-corrected chi connectivity index (χ2v) is 6.81. The fourth-order valence-corrected chi connectivity index (χ4v) is 3.06. The van der Waals surface area contributed by atoms with Crippen molar-refractivity contribution in [2.75, 3.05) is 12.8 Å². The standard InChI is InChI=1S/C10H23NO2S/c1-8(2)6-7-14(12,13)10(4)9(3)11-5/h8-11H,6-7H2,1-5H3. The van der Waals surface area contributed by atoms with Crippen LogP contribution in [0.4, 0.5) is 0 Å². The quantitative estimate of drug-likeness (QED) is 0.738. The molecular weight excluding hydrogens is 198 g/mol. The minimum absolute atomic E-state index is 0.0205. The van der Waals surface area contributed by atoms with Crippen molar-refractivity contribution in [3.8, 4) is 0 Å². The highest BCUT2D eigenvalue weighted by molar-refractivity contribution is 7.92. The Morgan fingerprint density at radius 3 is 2.00 bits per heavy atom. The van der Waals surface area contributed by atoms with Crippen LogP contribution in [-0.4, -0.2) is 32.5 Å². The molecule has 0 rings (SSSR count). The molecule has 0 heterocycles. The molecule has 0 aromatic carbocycles. The Hall–Kier alpha value is -0.0900. The Labute approximate surface area is 88.2 Å². The normalized spacial score (nSPS) is 17.0. The SMILES string of the molecule is CNC(C)C(C)S(=O)(=O)CCC(C)C. The minimum atomic E-state index is -2.93. The number of sulfone groups is 1. The molecule has 0 aromatic rings. The highest BCUT2D eigenvalue weighted by atomic mass is 32.2. The molecule has 3 nitrogen and oxygen atoms in total. The van der Waals surface area contributed by atoms with Crippen LogP contribution in [-0.2, 0) is 9.84 Å². The lowest BCUT2D eigenvalue weighted by molar-refractivity contribution is 0.529. The van der Waals surface area contributed by atoms with Gasteiger partial charge in [0.25, 0.3) is 0 Å². The zero-order valence-corrected chi connectivity index (χ0v) is 10.7. The van der Waals surface area contributed by atoms with Crippen LogP contribution in [0, 0.1) is 5.92 Å². The van der Waals surface area contributed by atoms with Gasteiger partial charge in [0.05, 0.1) is 11.0 Å². The van der Waals surface area contributed by atoms with Crippen molar-refractivity contribution >= 4 is 9.84 Å². The summed E-state index contributed by atoms with van der Waals surface area (Å²) in [7, 11) is -1.14. The zero-order chi connectivity index (χ0) is 11.4. The van der Waals surface area contributed by atoms with Gasteiger partial charge < -0.3 is 5.32 Å². The summed E-state index contributed by atoms with van der Waals surface area (Å²) in [5, 5.41) is 2.68. The first-order valence-corrected chi connectivity index (χ1v) is 6.91. The maximum Gasteiger partial charge on any atom is 0.154 e. The first-order valence-electron chi connectivity index (χ1n) is 5.20. The lowest BCUT2D eigenvalue weighted by atomic mass is 10.2. The Balaban J connectivity index is 4.32. The van der Waals surface area contributed by atoms with Crippen LogP contribution in [0.15, 0.2) is 0 Å². The van der Waals surface area contributed by atoms with E-state index in [4.69, 9.17) is 0 Å². The summed E-state index contributed by atoms with van der Waals surface area (Å²) in [6.07, 6.45) is 0.753. The van der Waals surface area contributed by atoms with E-state index in [2.05, 4.69) is 5.32 Å². The number of hydrogen-bond donors (Lipinski definition) is 1. The third-order valence-electron chi connectivity index (χ3n) is 2.71. The highest BCUT2D eigenvalue weighted by Crippen LogP contribution is 2.11. The van der Waals surface area contributed by atoms with Crippen molar-refractivity contribution < 1.29 is 8.42 Å². The van der Waals surface area contributed by atoms with Crippen molar-refractivity contribution in [1.29, 1.82) is 0 Å². The van der Waals surface area contributed by atoms with Gasteiger partial charge in [-0.1, -0.05) is 13.8 Å². The smallest absolute Gasteiger partial charge is 0.154 e. The van der Waals surface area contributed by atoms with Crippen molar-refractivity contribution in [3.05, 3.63) is 0 Å². The van der Waals surface area contributed by atoms with Gasteiger partial charge in [0.15, 0.2) is 9.84 Å². The fraction of sp³-hybridized carbons (Fsp3) is 1.00. The molecule has 1 N–H and O–H groups in total. The molecule has 14 heavy (non-hydrogen) atoms. The average molecular weight is 221 g/mol. The molecule has 0 saturated carbocycles. The molecule has 0 spiro atoms. The van der Waals surface area contributed by atoms with E-state index < -0.39 is 9.84 Å². The van der Waals surface area contributed by atoms with Crippen molar-refractivity contribution in [2.24, 2.45) is 5.92 Å². The van der Waals surface area contributed by atoms with E-state index in [1.54, 1.807) is 14.0 Å². The third kappa shape index (κ3) is 4.42. The zero-order valence-electron chi connectivity index (χ0n) is 9.87. The lowest BCUT2D eigenvalue weighted by Gasteiger charge is -2.20. The predicted octanol–water partition coefficient (Wildman–Crippen LogP) is 1.44. The summed E-state index contributed by atoms with van der Waals surface area (Å²) in [6.45, 7) is 7.76. The maximum absolute atomic E-state index is 11.8. The van der Waals surface area contributed by atoms with Gasteiger partial charge in [-0.2, -0.15) is 0 Å².